The molecular formula is C22H21BrN6O3. The topological polar surface area (TPSA) is 116 Å². The lowest BCUT2D eigenvalue weighted by molar-refractivity contribution is 0.262. The summed E-state index contributed by atoms with van der Waals surface area (Å²) < 4.78 is 13.7. The number of carbonyl (C=O) groups excluding carboxylic acids is 1. The molecule has 0 bridgehead atoms. The van der Waals surface area contributed by atoms with Crippen LogP contribution in [0.4, 0.5) is 22.1 Å². The average Bonchev–Trinajstić information content (AvgIpc) is 3.18. The molecule has 0 aliphatic rings. The molecular weight excluding hydrogens is 476 g/mol. The molecule has 0 saturated heterocycles. The summed E-state index contributed by atoms with van der Waals surface area (Å²) in [6.45, 7) is 0.470. The van der Waals surface area contributed by atoms with E-state index in [1.54, 1.807) is 44.7 Å². The van der Waals surface area contributed by atoms with Gasteiger partial charge in [-0.05, 0) is 42.5 Å². The first-order chi connectivity index (χ1) is 15.5. The van der Waals surface area contributed by atoms with Crippen LogP contribution in [0.3, 0.4) is 0 Å². The Labute approximate surface area is 192 Å². The number of fused-ring (bicyclic) bond motifs is 1. The van der Waals surface area contributed by atoms with E-state index in [2.05, 4.69) is 36.5 Å². The molecule has 32 heavy (non-hydrogen) atoms. The molecule has 2 aromatic carbocycles. The van der Waals surface area contributed by atoms with E-state index in [0.717, 1.165) is 21.1 Å². The highest BCUT2D eigenvalue weighted by Crippen LogP contribution is 2.34. The maximum absolute atomic E-state index is 12.7. The molecule has 4 aromatic rings. The predicted octanol–water partition coefficient (Wildman–Crippen LogP) is 4.49. The minimum absolute atomic E-state index is 0.216. The van der Waals surface area contributed by atoms with Crippen molar-refractivity contribution in [2.45, 2.75) is 6.54 Å². The highest BCUT2D eigenvalue weighted by Gasteiger charge is 2.15. The van der Waals surface area contributed by atoms with Crippen molar-refractivity contribution < 1.29 is 14.3 Å². The number of hydrogen-bond donors (Lipinski definition) is 3. The summed E-state index contributed by atoms with van der Waals surface area (Å²) in [5.74, 6) is 1.44. The molecule has 0 fully saturated rings. The fourth-order valence-corrected chi connectivity index (χ4v) is 3.79. The summed E-state index contributed by atoms with van der Waals surface area (Å²) in [4.78, 5) is 20.9. The van der Waals surface area contributed by atoms with Crippen LogP contribution in [-0.4, -0.2) is 34.8 Å². The number of carbonyl (C=O) groups is 1. The SMILES string of the molecule is COc1ccc(Br)cc1NC(=O)Nc1ccc(OC)c2c1ccn2Cc1ccnc(N)n1. The van der Waals surface area contributed by atoms with Gasteiger partial charge in [-0.25, -0.2) is 14.8 Å². The van der Waals surface area contributed by atoms with Crippen molar-refractivity contribution in [2.75, 3.05) is 30.6 Å². The molecule has 0 aliphatic carbocycles. The van der Waals surface area contributed by atoms with E-state index in [1.807, 2.05) is 29.0 Å². The number of urea groups is 1. The van der Waals surface area contributed by atoms with Crippen LogP contribution >= 0.6 is 15.9 Å². The number of nitrogen functional groups attached to an aromatic ring is 1. The number of amides is 2. The lowest BCUT2D eigenvalue weighted by atomic mass is 10.2. The summed E-state index contributed by atoms with van der Waals surface area (Å²) in [6, 6.07) is 12.3. The van der Waals surface area contributed by atoms with Gasteiger partial charge in [-0.3, -0.25) is 0 Å². The van der Waals surface area contributed by atoms with E-state index >= 15 is 0 Å². The minimum atomic E-state index is -0.399. The second-order valence-corrected chi connectivity index (χ2v) is 7.77. The van der Waals surface area contributed by atoms with Crippen molar-refractivity contribution in [2.24, 2.45) is 0 Å². The number of benzene rings is 2. The van der Waals surface area contributed by atoms with Gasteiger partial charge in [0, 0.05) is 22.3 Å². The summed E-state index contributed by atoms with van der Waals surface area (Å²) >= 11 is 3.40. The van der Waals surface area contributed by atoms with E-state index in [4.69, 9.17) is 15.2 Å². The van der Waals surface area contributed by atoms with Gasteiger partial charge in [0.15, 0.2) is 0 Å². The molecule has 2 heterocycles. The number of hydrogen-bond acceptors (Lipinski definition) is 6. The zero-order valence-corrected chi connectivity index (χ0v) is 19.0. The van der Waals surface area contributed by atoms with E-state index in [1.165, 1.54) is 0 Å². The Kier molecular flexibility index (Phi) is 6.13. The largest absolute Gasteiger partial charge is 0.495 e. The molecule has 0 saturated carbocycles. The van der Waals surface area contributed by atoms with Crippen molar-refractivity contribution in [3.8, 4) is 11.5 Å². The second kappa shape index (κ2) is 9.15. The second-order valence-electron chi connectivity index (χ2n) is 6.85. The van der Waals surface area contributed by atoms with Crippen LogP contribution in [0.15, 0.2) is 59.3 Å². The summed E-state index contributed by atoms with van der Waals surface area (Å²) in [5, 5.41) is 6.55. The summed E-state index contributed by atoms with van der Waals surface area (Å²) in [7, 11) is 3.15. The number of halogens is 1. The smallest absolute Gasteiger partial charge is 0.323 e. The first-order valence-electron chi connectivity index (χ1n) is 9.63. The lowest BCUT2D eigenvalue weighted by Crippen LogP contribution is -2.20. The van der Waals surface area contributed by atoms with Crippen LogP contribution in [-0.2, 0) is 6.54 Å². The Bertz CT molecular complexity index is 1290. The maximum atomic E-state index is 12.7. The van der Waals surface area contributed by atoms with Gasteiger partial charge in [-0.15, -0.1) is 0 Å². The fourth-order valence-electron chi connectivity index (χ4n) is 3.43. The fraction of sp³-hybridized carbons (Fsp3) is 0.136. The number of ether oxygens (including phenoxy) is 2. The Balaban J connectivity index is 1.63. The monoisotopic (exact) mass is 496 g/mol. The van der Waals surface area contributed by atoms with Gasteiger partial charge in [0.1, 0.15) is 11.5 Å². The number of nitrogens with two attached hydrogens (primary N) is 1. The standard InChI is InChI=1S/C22H21BrN6O3/c1-31-18-5-3-13(23)11-17(18)28-22(30)27-16-4-6-19(32-2)20-15(16)8-10-29(20)12-14-7-9-25-21(24)26-14/h3-11H,12H2,1-2H3,(H2,24,25,26)(H2,27,28,30). The molecule has 4 N–H and O–H groups in total. The Morgan fingerprint density at radius 3 is 2.56 bits per heavy atom. The summed E-state index contributed by atoms with van der Waals surface area (Å²) in [5.41, 5.74) is 8.46. The van der Waals surface area contributed by atoms with Gasteiger partial charge < -0.3 is 30.4 Å². The summed E-state index contributed by atoms with van der Waals surface area (Å²) in [6.07, 6.45) is 3.53. The third kappa shape index (κ3) is 4.45. The van der Waals surface area contributed by atoms with Crippen LogP contribution in [0.1, 0.15) is 5.69 Å². The number of nitrogens with zero attached hydrogens (tertiary/aromatic N) is 3. The van der Waals surface area contributed by atoms with E-state index in [-0.39, 0.29) is 5.95 Å². The Hall–Kier alpha value is -3.79. The predicted molar refractivity (Wildman–Crippen MR) is 127 cm³/mol. The minimum Gasteiger partial charge on any atom is -0.495 e. The van der Waals surface area contributed by atoms with Gasteiger partial charge in [0.05, 0.1) is 43.3 Å². The zero-order valence-electron chi connectivity index (χ0n) is 17.4. The quantitative estimate of drug-likeness (QED) is 0.362. The van der Waals surface area contributed by atoms with Crippen LogP contribution in [0.2, 0.25) is 0 Å². The van der Waals surface area contributed by atoms with Gasteiger partial charge in [0.2, 0.25) is 5.95 Å². The molecule has 2 amide bonds. The highest BCUT2D eigenvalue weighted by molar-refractivity contribution is 9.10. The molecule has 4 rings (SSSR count). The van der Waals surface area contributed by atoms with Crippen LogP contribution in [0.5, 0.6) is 11.5 Å². The lowest BCUT2D eigenvalue weighted by Gasteiger charge is -2.14. The number of rotatable bonds is 6. The van der Waals surface area contributed by atoms with Crippen molar-refractivity contribution in [1.82, 2.24) is 14.5 Å². The van der Waals surface area contributed by atoms with Gasteiger partial charge in [0.25, 0.3) is 0 Å². The van der Waals surface area contributed by atoms with Crippen LogP contribution in [0, 0.1) is 0 Å². The molecule has 10 heteroatoms. The molecule has 2 aromatic heterocycles. The van der Waals surface area contributed by atoms with Crippen LogP contribution < -0.4 is 25.8 Å². The molecule has 9 nitrogen and oxygen atoms in total. The third-order valence-corrected chi connectivity index (χ3v) is 5.32. The molecule has 0 unspecified atom stereocenters. The molecule has 0 aliphatic heterocycles. The molecule has 0 spiro atoms. The van der Waals surface area contributed by atoms with E-state index in [0.29, 0.717) is 29.4 Å². The molecule has 0 atom stereocenters. The van der Waals surface area contributed by atoms with Crippen LogP contribution in [0.25, 0.3) is 10.9 Å². The number of nitrogens with one attached hydrogen (secondary N) is 2. The number of anilines is 3. The van der Waals surface area contributed by atoms with E-state index < -0.39 is 6.03 Å². The van der Waals surface area contributed by atoms with E-state index in [9.17, 15) is 4.79 Å². The van der Waals surface area contributed by atoms with Gasteiger partial charge in [-0.1, -0.05) is 15.9 Å². The normalized spacial score (nSPS) is 10.7. The molecule has 164 valence electrons. The van der Waals surface area contributed by atoms with Crippen molar-refractivity contribution >= 4 is 50.2 Å². The van der Waals surface area contributed by atoms with Crippen molar-refractivity contribution in [1.29, 1.82) is 0 Å². The van der Waals surface area contributed by atoms with Gasteiger partial charge >= 0.3 is 6.03 Å². The third-order valence-electron chi connectivity index (χ3n) is 4.83. The van der Waals surface area contributed by atoms with Crippen molar-refractivity contribution in [3.63, 3.8) is 0 Å². The van der Waals surface area contributed by atoms with Gasteiger partial charge in [-0.2, -0.15) is 0 Å². The average molecular weight is 497 g/mol. The Morgan fingerprint density at radius 2 is 1.81 bits per heavy atom. The first-order valence-corrected chi connectivity index (χ1v) is 10.4. The Morgan fingerprint density at radius 1 is 1.06 bits per heavy atom. The van der Waals surface area contributed by atoms with Crippen molar-refractivity contribution in [3.05, 3.63) is 65.0 Å². The molecule has 0 radical (unpaired) electrons. The first kappa shape index (κ1) is 21.4. The highest BCUT2D eigenvalue weighted by atomic mass is 79.9. The zero-order chi connectivity index (χ0) is 22.7. The maximum Gasteiger partial charge on any atom is 0.323 e. The number of methoxy groups -OCH3 is 2. The number of aromatic nitrogens is 3.